The average Bonchev–Trinajstić information content (AvgIpc) is 2.50. The fraction of sp³-hybridized carbons (Fsp3) is 0.556. The van der Waals surface area contributed by atoms with Crippen molar-refractivity contribution in [3.05, 3.63) is 28.8 Å². The maximum Gasteiger partial charge on any atom is 0.225 e. The van der Waals surface area contributed by atoms with Gasteiger partial charge in [0.1, 0.15) is 5.75 Å². The van der Waals surface area contributed by atoms with Crippen molar-refractivity contribution < 1.29 is 14.3 Å². The molecular weight excluding hydrogens is 328 g/mol. The predicted octanol–water partition coefficient (Wildman–Crippen LogP) is 3.25. The summed E-state index contributed by atoms with van der Waals surface area (Å²) < 4.78 is 5.29. The summed E-state index contributed by atoms with van der Waals surface area (Å²) >= 11 is 6.01. The first-order valence-electron chi connectivity index (χ1n) is 8.00. The van der Waals surface area contributed by atoms with E-state index in [1.807, 2.05) is 20.8 Å². The van der Waals surface area contributed by atoms with E-state index < -0.39 is 5.41 Å². The number of nitrogens with zero attached hydrogens (tertiary/aromatic N) is 1. The predicted molar refractivity (Wildman–Crippen MR) is 96.2 cm³/mol. The Labute approximate surface area is 149 Å². The lowest BCUT2D eigenvalue weighted by molar-refractivity contribution is -0.131. The molecule has 24 heavy (non-hydrogen) atoms. The van der Waals surface area contributed by atoms with Gasteiger partial charge in [0, 0.05) is 42.6 Å². The van der Waals surface area contributed by atoms with E-state index in [1.165, 1.54) is 0 Å². The Balaban J connectivity index is 2.46. The van der Waals surface area contributed by atoms with Crippen molar-refractivity contribution in [1.29, 1.82) is 0 Å². The van der Waals surface area contributed by atoms with Crippen molar-refractivity contribution in [3.63, 3.8) is 0 Å². The summed E-state index contributed by atoms with van der Waals surface area (Å²) in [7, 11) is 3.34. The second-order valence-electron chi connectivity index (χ2n) is 6.82. The molecule has 0 radical (unpaired) electrons. The van der Waals surface area contributed by atoms with Gasteiger partial charge in [-0.2, -0.15) is 0 Å². The van der Waals surface area contributed by atoms with Crippen LogP contribution in [0.15, 0.2) is 18.2 Å². The fourth-order valence-corrected chi connectivity index (χ4v) is 2.31. The van der Waals surface area contributed by atoms with Crippen LogP contribution in [0.2, 0.25) is 5.02 Å². The number of rotatable bonds is 7. The van der Waals surface area contributed by atoms with Crippen LogP contribution in [0.5, 0.6) is 5.75 Å². The van der Waals surface area contributed by atoms with E-state index in [9.17, 15) is 9.59 Å². The molecular formula is C18H27ClN2O3. The molecule has 0 heterocycles. The van der Waals surface area contributed by atoms with Crippen molar-refractivity contribution >= 4 is 23.4 Å². The molecule has 1 N–H and O–H groups in total. The highest BCUT2D eigenvalue weighted by Crippen LogP contribution is 2.24. The molecule has 0 bridgehead atoms. The summed E-state index contributed by atoms with van der Waals surface area (Å²) in [5, 5.41) is 3.45. The molecule has 1 rings (SSSR count). The molecule has 0 aliphatic heterocycles. The van der Waals surface area contributed by atoms with Crippen molar-refractivity contribution in [2.75, 3.05) is 20.7 Å². The first kappa shape index (κ1) is 20.3. The van der Waals surface area contributed by atoms with Crippen LogP contribution in [0.25, 0.3) is 0 Å². The van der Waals surface area contributed by atoms with E-state index in [-0.39, 0.29) is 11.8 Å². The molecule has 0 aliphatic carbocycles. The smallest absolute Gasteiger partial charge is 0.225 e. The third kappa shape index (κ3) is 6.40. The zero-order chi connectivity index (χ0) is 18.3. The molecule has 0 aliphatic rings. The minimum atomic E-state index is -0.413. The van der Waals surface area contributed by atoms with Gasteiger partial charge in [0.2, 0.25) is 11.8 Å². The van der Waals surface area contributed by atoms with Gasteiger partial charge in [-0.15, -0.1) is 0 Å². The van der Waals surface area contributed by atoms with E-state index in [2.05, 4.69) is 5.32 Å². The molecule has 0 aromatic heterocycles. The number of hydrogen-bond donors (Lipinski definition) is 1. The highest BCUT2D eigenvalue weighted by Gasteiger charge is 2.20. The topological polar surface area (TPSA) is 58.6 Å². The normalized spacial score (nSPS) is 11.1. The molecule has 0 atom stereocenters. The van der Waals surface area contributed by atoms with Gasteiger partial charge in [-0.3, -0.25) is 9.59 Å². The second kappa shape index (κ2) is 8.92. The number of nitrogens with one attached hydrogen (secondary N) is 1. The number of carbonyl (C=O) groups excluding carboxylic acids is 2. The average molecular weight is 355 g/mol. The van der Waals surface area contributed by atoms with Gasteiger partial charge < -0.3 is 15.0 Å². The molecule has 0 unspecified atom stereocenters. The maximum absolute atomic E-state index is 12.2. The first-order valence-corrected chi connectivity index (χ1v) is 8.37. The minimum absolute atomic E-state index is 0.00744. The lowest BCUT2D eigenvalue weighted by atomic mass is 9.96. The summed E-state index contributed by atoms with van der Waals surface area (Å²) in [5.74, 6) is 0.713. The molecule has 2 amide bonds. The molecule has 0 fully saturated rings. The van der Waals surface area contributed by atoms with Gasteiger partial charge in [0.25, 0.3) is 0 Å². The molecule has 1 aromatic rings. The molecule has 6 heteroatoms. The Hall–Kier alpha value is -1.75. The van der Waals surface area contributed by atoms with Gasteiger partial charge in [-0.05, 0) is 24.6 Å². The maximum atomic E-state index is 12.2. The van der Waals surface area contributed by atoms with E-state index in [0.717, 1.165) is 5.56 Å². The molecule has 0 spiro atoms. The molecule has 0 saturated carbocycles. The quantitative estimate of drug-likeness (QED) is 0.765. The van der Waals surface area contributed by atoms with Gasteiger partial charge >= 0.3 is 0 Å². The third-order valence-corrected chi connectivity index (χ3v) is 3.84. The lowest BCUT2D eigenvalue weighted by Gasteiger charge is -2.20. The van der Waals surface area contributed by atoms with Gasteiger partial charge in [-0.1, -0.05) is 32.4 Å². The summed E-state index contributed by atoms with van der Waals surface area (Å²) in [6, 6.07) is 5.34. The van der Waals surface area contributed by atoms with E-state index in [4.69, 9.17) is 16.3 Å². The Bertz CT molecular complexity index is 582. The number of ether oxygens (including phenoxy) is 1. The Morgan fingerprint density at radius 1 is 1.29 bits per heavy atom. The third-order valence-electron chi connectivity index (χ3n) is 3.61. The van der Waals surface area contributed by atoms with Gasteiger partial charge in [-0.25, -0.2) is 0 Å². The summed E-state index contributed by atoms with van der Waals surface area (Å²) in [4.78, 5) is 25.6. The van der Waals surface area contributed by atoms with Crippen LogP contribution in [0.4, 0.5) is 0 Å². The molecule has 0 saturated heterocycles. The molecule has 1 aromatic carbocycles. The summed E-state index contributed by atoms with van der Waals surface area (Å²) in [6.45, 7) is 6.51. The lowest BCUT2D eigenvalue weighted by Crippen LogP contribution is -2.36. The van der Waals surface area contributed by atoms with Crippen molar-refractivity contribution in [3.8, 4) is 5.75 Å². The summed E-state index contributed by atoms with van der Waals surface area (Å²) in [6.07, 6.45) is 0.988. The largest absolute Gasteiger partial charge is 0.496 e. The number of hydrogen-bond acceptors (Lipinski definition) is 3. The van der Waals surface area contributed by atoms with Crippen molar-refractivity contribution in [1.82, 2.24) is 10.2 Å². The molecule has 134 valence electrons. The second-order valence-corrected chi connectivity index (χ2v) is 7.25. The Morgan fingerprint density at radius 3 is 2.54 bits per heavy atom. The monoisotopic (exact) mass is 354 g/mol. The van der Waals surface area contributed by atoms with Crippen LogP contribution < -0.4 is 10.1 Å². The standard InChI is InChI=1S/C18H27ClN2O3/c1-18(2,3)17(23)20-10-6-7-16(22)21(4)12-13-11-14(19)8-9-15(13)24-5/h8-9,11H,6-7,10,12H2,1-5H3,(H,20,23). The zero-order valence-corrected chi connectivity index (χ0v) is 15.9. The highest BCUT2D eigenvalue weighted by molar-refractivity contribution is 6.30. The van der Waals surface area contributed by atoms with Crippen LogP contribution in [0.1, 0.15) is 39.2 Å². The van der Waals surface area contributed by atoms with E-state index >= 15 is 0 Å². The Kier molecular flexibility index (Phi) is 7.55. The first-order chi connectivity index (χ1) is 11.1. The number of halogens is 1. The van der Waals surface area contributed by atoms with Crippen LogP contribution in [-0.2, 0) is 16.1 Å². The van der Waals surface area contributed by atoms with Crippen LogP contribution in [0, 0.1) is 5.41 Å². The van der Waals surface area contributed by atoms with E-state index in [0.29, 0.717) is 36.7 Å². The number of amides is 2. The van der Waals surface area contributed by atoms with Gasteiger partial charge in [0.05, 0.1) is 7.11 Å². The number of carbonyl (C=O) groups is 2. The zero-order valence-electron chi connectivity index (χ0n) is 15.1. The van der Waals surface area contributed by atoms with Gasteiger partial charge in [0.15, 0.2) is 0 Å². The van der Waals surface area contributed by atoms with Crippen molar-refractivity contribution in [2.45, 2.75) is 40.2 Å². The fourth-order valence-electron chi connectivity index (χ4n) is 2.11. The van der Waals surface area contributed by atoms with Crippen LogP contribution in [-0.4, -0.2) is 37.4 Å². The van der Waals surface area contributed by atoms with Crippen LogP contribution in [0.3, 0.4) is 0 Å². The molecule has 5 nitrogen and oxygen atoms in total. The Morgan fingerprint density at radius 2 is 1.96 bits per heavy atom. The SMILES string of the molecule is COc1ccc(Cl)cc1CN(C)C(=O)CCCNC(=O)C(C)(C)C. The van der Waals surface area contributed by atoms with Crippen LogP contribution >= 0.6 is 11.6 Å². The number of methoxy groups -OCH3 is 1. The van der Waals surface area contributed by atoms with Crippen molar-refractivity contribution in [2.24, 2.45) is 5.41 Å². The van der Waals surface area contributed by atoms with E-state index in [1.54, 1.807) is 37.3 Å². The minimum Gasteiger partial charge on any atom is -0.496 e. The highest BCUT2D eigenvalue weighted by atomic mass is 35.5. The number of benzene rings is 1. The summed E-state index contributed by atoms with van der Waals surface area (Å²) in [5.41, 5.74) is 0.450.